The molecule has 0 bridgehead atoms. The van der Waals surface area contributed by atoms with Crippen molar-refractivity contribution in [3.63, 3.8) is 0 Å². The molecule has 1 aromatic carbocycles. The van der Waals surface area contributed by atoms with E-state index in [0.717, 1.165) is 19.5 Å². The van der Waals surface area contributed by atoms with Gasteiger partial charge in [0.05, 0.1) is 6.54 Å². The van der Waals surface area contributed by atoms with Crippen LogP contribution in [0.3, 0.4) is 0 Å². The minimum Gasteiger partial charge on any atom is -0.370 e. The maximum Gasteiger partial charge on any atom is 0.188 e. The first kappa shape index (κ1) is 20.2. The molecular weight excluding hydrogens is 399 g/mol. The van der Waals surface area contributed by atoms with Crippen LogP contribution in [0.5, 0.6) is 0 Å². The van der Waals surface area contributed by atoms with Crippen LogP contribution < -0.4 is 11.1 Å². The van der Waals surface area contributed by atoms with Crippen molar-refractivity contribution in [1.82, 2.24) is 10.2 Å². The maximum absolute atomic E-state index is 5.93. The number of guanidine groups is 1. The molecule has 23 heavy (non-hydrogen) atoms. The van der Waals surface area contributed by atoms with Gasteiger partial charge >= 0.3 is 0 Å². The number of unbranched alkanes of at least 4 members (excludes halogenated alkanes) is 1. The smallest absolute Gasteiger partial charge is 0.188 e. The maximum atomic E-state index is 5.93. The van der Waals surface area contributed by atoms with E-state index in [2.05, 4.69) is 46.4 Å². The second-order valence-corrected chi connectivity index (χ2v) is 6.09. The third-order valence-electron chi connectivity index (χ3n) is 4.22. The minimum atomic E-state index is 0. The highest BCUT2D eigenvalue weighted by molar-refractivity contribution is 14.0. The van der Waals surface area contributed by atoms with E-state index in [1.165, 1.54) is 49.9 Å². The highest BCUT2D eigenvalue weighted by Gasteiger charge is 2.12. The molecule has 130 valence electrons. The number of nitrogens with zero attached hydrogens (tertiary/aromatic N) is 2. The first-order valence-corrected chi connectivity index (χ1v) is 8.62. The topological polar surface area (TPSA) is 53.6 Å². The van der Waals surface area contributed by atoms with E-state index in [-0.39, 0.29) is 24.0 Å². The van der Waals surface area contributed by atoms with E-state index < -0.39 is 0 Å². The van der Waals surface area contributed by atoms with Crippen molar-refractivity contribution < 1.29 is 0 Å². The molecular formula is C18H31IN4. The largest absolute Gasteiger partial charge is 0.370 e. The van der Waals surface area contributed by atoms with Crippen LogP contribution in [-0.4, -0.2) is 30.5 Å². The molecule has 3 N–H and O–H groups in total. The lowest BCUT2D eigenvalue weighted by Crippen LogP contribution is -2.32. The molecule has 1 aliphatic rings. The fourth-order valence-corrected chi connectivity index (χ4v) is 2.84. The molecule has 4 nitrogen and oxygen atoms in total. The summed E-state index contributed by atoms with van der Waals surface area (Å²) in [6.45, 7) is 7.22. The predicted octanol–water partition coefficient (Wildman–Crippen LogP) is 3.49. The van der Waals surface area contributed by atoms with Gasteiger partial charge in [-0.1, -0.05) is 44.0 Å². The summed E-state index contributed by atoms with van der Waals surface area (Å²) in [5.41, 5.74) is 8.59. The van der Waals surface area contributed by atoms with Crippen LogP contribution in [-0.2, 0) is 13.1 Å². The van der Waals surface area contributed by atoms with E-state index in [1.54, 1.807) is 0 Å². The lowest BCUT2D eigenvalue weighted by molar-refractivity contribution is 0.220. The summed E-state index contributed by atoms with van der Waals surface area (Å²) in [6, 6.07) is 8.60. The molecule has 5 heteroatoms. The number of piperidine rings is 1. The predicted molar refractivity (Wildman–Crippen MR) is 109 cm³/mol. The summed E-state index contributed by atoms with van der Waals surface area (Å²) >= 11 is 0. The average Bonchev–Trinajstić information content (AvgIpc) is 2.55. The van der Waals surface area contributed by atoms with Crippen molar-refractivity contribution in [3.05, 3.63) is 35.4 Å². The van der Waals surface area contributed by atoms with E-state index in [1.807, 2.05) is 0 Å². The van der Waals surface area contributed by atoms with Gasteiger partial charge in [-0.2, -0.15) is 0 Å². The third kappa shape index (κ3) is 7.52. The number of aliphatic imine (C=N–C) groups is 1. The molecule has 0 radical (unpaired) electrons. The molecule has 1 heterocycles. The summed E-state index contributed by atoms with van der Waals surface area (Å²) in [7, 11) is 0. The molecule has 0 aliphatic carbocycles. The molecule has 1 fully saturated rings. The summed E-state index contributed by atoms with van der Waals surface area (Å²) in [6.07, 6.45) is 6.33. The molecule has 0 saturated carbocycles. The van der Waals surface area contributed by atoms with Gasteiger partial charge in [0.2, 0.25) is 0 Å². The van der Waals surface area contributed by atoms with E-state index >= 15 is 0 Å². The summed E-state index contributed by atoms with van der Waals surface area (Å²) in [5.74, 6) is 0.557. The molecule has 0 unspecified atom stereocenters. The van der Waals surface area contributed by atoms with Crippen molar-refractivity contribution in [2.24, 2.45) is 10.7 Å². The van der Waals surface area contributed by atoms with Crippen LogP contribution in [0.15, 0.2) is 29.3 Å². The van der Waals surface area contributed by atoms with Gasteiger partial charge < -0.3 is 11.1 Å². The van der Waals surface area contributed by atoms with Crippen LogP contribution in [0.25, 0.3) is 0 Å². The lowest BCUT2D eigenvalue weighted by atomic mass is 10.1. The standard InChI is InChI=1S/C18H30N4.HI/c1-2-3-11-20-18(19)21-14-16-9-5-6-10-17(16)15-22-12-7-4-8-13-22;/h5-6,9-10H,2-4,7-8,11-15H2,1H3,(H3,19,20,21);1H. The second-order valence-electron chi connectivity index (χ2n) is 6.09. The first-order chi connectivity index (χ1) is 10.8. The average molecular weight is 430 g/mol. The zero-order valence-corrected chi connectivity index (χ0v) is 16.6. The molecule has 1 saturated heterocycles. The van der Waals surface area contributed by atoms with Gasteiger partial charge in [0, 0.05) is 13.1 Å². The van der Waals surface area contributed by atoms with Crippen molar-refractivity contribution in [2.45, 2.75) is 52.1 Å². The quantitative estimate of drug-likeness (QED) is 0.301. The molecule has 2 rings (SSSR count). The third-order valence-corrected chi connectivity index (χ3v) is 4.22. The molecule has 0 aromatic heterocycles. The molecule has 0 atom stereocenters. The van der Waals surface area contributed by atoms with Gasteiger partial charge in [-0.05, 0) is 43.5 Å². The summed E-state index contributed by atoms with van der Waals surface area (Å²) < 4.78 is 0. The number of likely N-dealkylation sites (tertiary alicyclic amines) is 1. The van der Waals surface area contributed by atoms with Crippen molar-refractivity contribution in [1.29, 1.82) is 0 Å². The molecule has 0 amide bonds. The number of hydrogen-bond acceptors (Lipinski definition) is 2. The highest BCUT2D eigenvalue weighted by atomic mass is 127. The Morgan fingerprint density at radius 2 is 1.87 bits per heavy atom. The Kier molecular flexibility index (Phi) is 10.3. The highest BCUT2D eigenvalue weighted by Crippen LogP contribution is 2.16. The van der Waals surface area contributed by atoms with Crippen molar-refractivity contribution >= 4 is 29.9 Å². The Morgan fingerprint density at radius 3 is 2.57 bits per heavy atom. The van der Waals surface area contributed by atoms with E-state index in [4.69, 9.17) is 5.73 Å². The van der Waals surface area contributed by atoms with E-state index in [0.29, 0.717) is 12.5 Å². The fourth-order valence-electron chi connectivity index (χ4n) is 2.84. The van der Waals surface area contributed by atoms with Crippen LogP contribution >= 0.6 is 24.0 Å². The van der Waals surface area contributed by atoms with Crippen LogP contribution in [0.1, 0.15) is 50.2 Å². The normalized spacial score (nSPS) is 16.0. The summed E-state index contributed by atoms with van der Waals surface area (Å²) in [4.78, 5) is 7.04. The molecule has 1 aromatic rings. The summed E-state index contributed by atoms with van der Waals surface area (Å²) in [5, 5.41) is 3.17. The second kappa shape index (κ2) is 11.7. The fraction of sp³-hybridized carbons (Fsp3) is 0.611. The Labute approximate surface area is 157 Å². The van der Waals surface area contributed by atoms with Gasteiger partial charge in [-0.3, -0.25) is 4.90 Å². The van der Waals surface area contributed by atoms with Crippen molar-refractivity contribution in [2.75, 3.05) is 19.6 Å². The zero-order valence-electron chi connectivity index (χ0n) is 14.3. The Bertz CT molecular complexity index is 470. The van der Waals surface area contributed by atoms with Crippen LogP contribution in [0.4, 0.5) is 0 Å². The lowest BCUT2D eigenvalue weighted by Gasteiger charge is -2.27. The number of halogens is 1. The number of rotatable bonds is 7. The van der Waals surface area contributed by atoms with E-state index in [9.17, 15) is 0 Å². The SMILES string of the molecule is CCCCNC(N)=NCc1ccccc1CN1CCCCC1.I. The van der Waals surface area contributed by atoms with Gasteiger partial charge in [-0.15, -0.1) is 24.0 Å². The number of hydrogen-bond donors (Lipinski definition) is 2. The van der Waals surface area contributed by atoms with Gasteiger partial charge in [0.1, 0.15) is 0 Å². The zero-order chi connectivity index (χ0) is 15.6. The van der Waals surface area contributed by atoms with Gasteiger partial charge in [0.15, 0.2) is 5.96 Å². The van der Waals surface area contributed by atoms with Crippen molar-refractivity contribution in [3.8, 4) is 0 Å². The molecule has 0 spiro atoms. The number of nitrogens with two attached hydrogens (primary N) is 1. The Morgan fingerprint density at radius 1 is 1.17 bits per heavy atom. The first-order valence-electron chi connectivity index (χ1n) is 8.62. The Balaban J connectivity index is 0.00000264. The molecule has 1 aliphatic heterocycles. The monoisotopic (exact) mass is 430 g/mol. The Hall–Kier alpha value is -0.820. The number of benzene rings is 1. The van der Waals surface area contributed by atoms with Gasteiger partial charge in [-0.25, -0.2) is 4.99 Å². The number of nitrogens with one attached hydrogen (secondary N) is 1. The van der Waals surface area contributed by atoms with Gasteiger partial charge in [0.25, 0.3) is 0 Å². The van der Waals surface area contributed by atoms with Crippen LogP contribution in [0, 0.1) is 0 Å². The van der Waals surface area contributed by atoms with Crippen LogP contribution in [0.2, 0.25) is 0 Å². The minimum absolute atomic E-state index is 0.